The predicted molar refractivity (Wildman–Crippen MR) is 85.6 cm³/mol. The van der Waals surface area contributed by atoms with Crippen molar-refractivity contribution in [3.05, 3.63) is 51.7 Å². The number of nitrogens with zero attached hydrogens (tertiary/aromatic N) is 3. The molecular formula is C16H13F3N4O3. The van der Waals surface area contributed by atoms with Gasteiger partial charge in [0.05, 0.1) is 11.3 Å². The van der Waals surface area contributed by atoms with Crippen LogP contribution in [0.25, 0.3) is 11.1 Å². The van der Waals surface area contributed by atoms with Gasteiger partial charge in [-0.1, -0.05) is 11.2 Å². The number of amides is 1. The zero-order valence-corrected chi connectivity index (χ0v) is 13.7. The quantitative estimate of drug-likeness (QED) is 0.770. The second kappa shape index (κ2) is 6.28. The molecule has 0 bridgehead atoms. The standard InChI is InChI=1S/C16H13F3N4O3/c1-8-13-14(26-22-8)20-9(2)23(15(13)25)7-12(24)21-11-5-3-4-10(6-11)16(17,18)19/h3-6H,7H2,1-2H3,(H,21,24). The number of anilines is 1. The average molecular weight is 366 g/mol. The lowest BCUT2D eigenvalue weighted by Gasteiger charge is -2.11. The molecule has 0 unspecified atom stereocenters. The predicted octanol–water partition coefficient (Wildman–Crippen LogP) is 2.66. The zero-order chi connectivity index (χ0) is 19.1. The molecule has 2 aromatic heterocycles. The number of aromatic nitrogens is 3. The van der Waals surface area contributed by atoms with Gasteiger partial charge in [-0.15, -0.1) is 0 Å². The molecule has 1 N–H and O–H groups in total. The number of rotatable bonds is 3. The summed E-state index contributed by atoms with van der Waals surface area (Å²) in [6.45, 7) is 2.67. The minimum absolute atomic E-state index is 0.0225. The van der Waals surface area contributed by atoms with E-state index < -0.39 is 29.8 Å². The van der Waals surface area contributed by atoms with Gasteiger partial charge in [-0.05, 0) is 32.0 Å². The fraction of sp³-hybridized carbons (Fsp3) is 0.250. The average Bonchev–Trinajstić information content (AvgIpc) is 2.91. The van der Waals surface area contributed by atoms with Crippen LogP contribution in [0.2, 0.25) is 0 Å². The van der Waals surface area contributed by atoms with E-state index in [1.807, 2.05) is 0 Å². The van der Waals surface area contributed by atoms with Crippen LogP contribution >= 0.6 is 0 Å². The third-order valence-electron chi connectivity index (χ3n) is 3.73. The molecule has 0 saturated carbocycles. The van der Waals surface area contributed by atoms with Crippen LogP contribution in [0, 0.1) is 13.8 Å². The molecule has 0 aliphatic rings. The highest BCUT2D eigenvalue weighted by atomic mass is 19.4. The second-order valence-electron chi connectivity index (χ2n) is 5.63. The van der Waals surface area contributed by atoms with E-state index in [9.17, 15) is 22.8 Å². The van der Waals surface area contributed by atoms with Crippen LogP contribution < -0.4 is 10.9 Å². The SMILES string of the molecule is Cc1noc2nc(C)n(CC(=O)Nc3cccc(C(F)(F)F)c3)c(=O)c12. The van der Waals surface area contributed by atoms with Gasteiger partial charge < -0.3 is 9.84 Å². The third-order valence-corrected chi connectivity index (χ3v) is 3.73. The summed E-state index contributed by atoms with van der Waals surface area (Å²) in [6, 6.07) is 4.23. The molecule has 26 heavy (non-hydrogen) atoms. The number of carbonyl (C=O) groups excluding carboxylic acids is 1. The molecule has 0 aliphatic carbocycles. The number of halogens is 3. The maximum Gasteiger partial charge on any atom is 0.416 e. The van der Waals surface area contributed by atoms with Crippen LogP contribution in [0.3, 0.4) is 0 Å². The van der Waals surface area contributed by atoms with Gasteiger partial charge in [-0.3, -0.25) is 14.2 Å². The Hall–Kier alpha value is -3.17. The van der Waals surface area contributed by atoms with E-state index in [1.165, 1.54) is 19.1 Å². The number of nitrogens with one attached hydrogen (secondary N) is 1. The third kappa shape index (κ3) is 3.30. The number of hydrogen-bond donors (Lipinski definition) is 1. The smallest absolute Gasteiger partial charge is 0.335 e. The van der Waals surface area contributed by atoms with Crippen molar-refractivity contribution in [3.8, 4) is 0 Å². The topological polar surface area (TPSA) is 90.0 Å². The highest BCUT2D eigenvalue weighted by Gasteiger charge is 2.30. The first-order chi connectivity index (χ1) is 12.2. The molecule has 0 spiro atoms. The van der Waals surface area contributed by atoms with Crippen molar-refractivity contribution < 1.29 is 22.5 Å². The molecule has 0 atom stereocenters. The maximum absolute atomic E-state index is 12.7. The maximum atomic E-state index is 12.7. The lowest BCUT2D eigenvalue weighted by atomic mass is 10.2. The van der Waals surface area contributed by atoms with Crippen molar-refractivity contribution in [3.63, 3.8) is 0 Å². The largest absolute Gasteiger partial charge is 0.416 e. The Morgan fingerprint density at radius 1 is 1.31 bits per heavy atom. The van der Waals surface area contributed by atoms with Gasteiger partial charge in [0.25, 0.3) is 11.3 Å². The van der Waals surface area contributed by atoms with Crippen molar-refractivity contribution in [1.29, 1.82) is 0 Å². The van der Waals surface area contributed by atoms with Gasteiger partial charge in [0, 0.05) is 5.69 Å². The zero-order valence-electron chi connectivity index (χ0n) is 13.7. The van der Waals surface area contributed by atoms with Gasteiger partial charge >= 0.3 is 6.18 Å². The van der Waals surface area contributed by atoms with Crippen LogP contribution in [-0.4, -0.2) is 20.6 Å². The van der Waals surface area contributed by atoms with Gasteiger partial charge in [-0.2, -0.15) is 18.2 Å². The van der Waals surface area contributed by atoms with Crippen molar-refractivity contribution in [1.82, 2.24) is 14.7 Å². The van der Waals surface area contributed by atoms with Crippen molar-refractivity contribution in [2.24, 2.45) is 0 Å². The van der Waals surface area contributed by atoms with E-state index in [2.05, 4.69) is 15.5 Å². The fourth-order valence-electron chi connectivity index (χ4n) is 2.47. The molecule has 0 fully saturated rings. The molecule has 0 radical (unpaired) electrons. The van der Waals surface area contributed by atoms with Gasteiger partial charge in [0.15, 0.2) is 0 Å². The van der Waals surface area contributed by atoms with Crippen molar-refractivity contribution in [2.45, 2.75) is 26.6 Å². The van der Waals surface area contributed by atoms with Crippen molar-refractivity contribution >= 4 is 22.7 Å². The van der Waals surface area contributed by atoms with Gasteiger partial charge in [-0.25, -0.2) is 0 Å². The summed E-state index contributed by atoms with van der Waals surface area (Å²) in [5.74, 6) is -0.442. The fourth-order valence-corrected chi connectivity index (χ4v) is 2.47. The summed E-state index contributed by atoms with van der Waals surface area (Å²) >= 11 is 0. The summed E-state index contributed by atoms with van der Waals surface area (Å²) in [5, 5.41) is 6.16. The first-order valence-corrected chi connectivity index (χ1v) is 7.47. The molecule has 0 saturated heterocycles. The molecule has 10 heteroatoms. The number of aryl methyl sites for hydroxylation is 2. The monoisotopic (exact) mass is 366 g/mol. The highest BCUT2D eigenvalue weighted by molar-refractivity contribution is 5.90. The second-order valence-corrected chi connectivity index (χ2v) is 5.63. The Balaban J connectivity index is 1.86. The van der Waals surface area contributed by atoms with E-state index in [-0.39, 0.29) is 22.6 Å². The summed E-state index contributed by atoms with van der Waals surface area (Å²) in [6.07, 6.45) is -4.52. The number of fused-ring (bicyclic) bond motifs is 1. The molecule has 3 rings (SSSR count). The van der Waals surface area contributed by atoms with Crippen LogP contribution in [-0.2, 0) is 17.5 Å². The highest BCUT2D eigenvalue weighted by Crippen LogP contribution is 2.30. The summed E-state index contributed by atoms with van der Waals surface area (Å²) in [5.41, 5.74) is -1.01. The van der Waals surface area contributed by atoms with Gasteiger partial charge in [0.1, 0.15) is 17.8 Å². The van der Waals surface area contributed by atoms with Crippen LogP contribution in [0.1, 0.15) is 17.1 Å². The van der Waals surface area contributed by atoms with E-state index in [0.717, 1.165) is 16.7 Å². The molecule has 136 valence electrons. The minimum Gasteiger partial charge on any atom is -0.335 e. The molecule has 1 aromatic carbocycles. The Bertz CT molecular complexity index is 1050. The minimum atomic E-state index is -4.52. The molecule has 3 aromatic rings. The molecular weight excluding hydrogens is 353 g/mol. The van der Waals surface area contributed by atoms with E-state index in [1.54, 1.807) is 6.92 Å². The van der Waals surface area contributed by atoms with Crippen molar-refractivity contribution in [2.75, 3.05) is 5.32 Å². The Kier molecular flexibility index (Phi) is 4.26. The molecule has 7 nitrogen and oxygen atoms in total. The number of benzene rings is 1. The van der Waals surface area contributed by atoms with Crippen LogP contribution in [0.4, 0.5) is 18.9 Å². The lowest BCUT2D eigenvalue weighted by molar-refractivity contribution is -0.137. The lowest BCUT2D eigenvalue weighted by Crippen LogP contribution is -2.30. The summed E-state index contributed by atoms with van der Waals surface area (Å²) < 4.78 is 44.2. The van der Waals surface area contributed by atoms with Gasteiger partial charge in [0.2, 0.25) is 5.91 Å². The van der Waals surface area contributed by atoms with Crippen LogP contribution in [0.5, 0.6) is 0 Å². The number of carbonyl (C=O) groups is 1. The van der Waals surface area contributed by atoms with E-state index in [4.69, 9.17) is 4.52 Å². The van der Waals surface area contributed by atoms with E-state index in [0.29, 0.717) is 5.69 Å². The first kappa shape index (κ1) is 17.6. The first-order valence-electron chi connectivity index (χ1n) is 7.47. The van der Waals surface area contributed by atoms with Crippen LogP contribution in [0.15, 0.2) is 33.6 Å². The Morgan fingerprint density at radius 2 is 2.04 bits per heavy atom. The number of hydrogen-bond acceptors (Lipinski definition) is 5. The summed E-state index contributed by atoms with van der Waals surface area (Å²) in [7, 11) is 0. The summed E-state index contributed by atoms with van der Waals surface area (Å²) in [4.78, 5) is 28.8. The van der Waals surface area contributed by atoms with E-state index >= 15 is 0 Å². The molecule has 0 aliphatic heterocycles. The Morgan fingerprint density at radius 3 is 2.73 bits per heavy atom. The molecule has 1 amide bonds. The number of alkyl halides is 3. The Labute approximate surface area is 144 Å². The normalized spacial score (nSPS) is 11.7. The molecule has 2 heterocycles.